The lowest BCUT2D eigenvalue weighted by Crippen LogP contribution is -2.08. The van der Waals surface area contributed by atoms with E-state index >= 15 is 0 Å². The van der Waals surface area contributed by atoms with Crippen molar-refractivity contribution in [2.45, 2.75) is 38.2 Å². The van der Waals surface area contributed by atoms with E-state index in [2.05, 4.69) is 4.98 Å². The van der Waals surface area contributed by atoms with E-state index in [0.717, 1.165) is 28.4 Å². The van der Waals surface area contributed by atoms with Crippen molar-refractivity contribution >= 4 is 17.1 Å². The predicted molar refractivity (Wildman–Crippen MR) is 61.9 cm³/mol. The van der Waals surface area contributed by atoms with Gasteiger partial charge in [0, 0.05) is 13.5 Å². The van der Waals surface area contributed by atoms with Crippen molar-refractivity contribution in [2.75, 3.05) is 7.11 Å². The summed E-state index contributed by atoms with van der Waals surface area (Å²) in [5.74, 6) is 0.906. The summed E-state index contributed by atoms with van der Waals surface area (Å²) < 4.78 is 5.51. The number of Topliss-reactive ketones (excluding diaryl/α,β-unsaturated/α-hetero) is 1. The van der Waals surface area contributed by atoms with E-state index in [9.17, 15) is 4.79 Å². The molecular weight excluding hydrogens is 222 g/mol. The Morgan fingerprint density at radius 3 is 2.88 bits per heavy atom. The third-order valence-electron chi connectivity index (χ3n) is 3.33. The summed E-state index contributed by atoms with van der Waals surface area (Å²) in [5, 5.41) is 1.02. The molecule has 0 aliphatic heterocycles. The van der Waals surface area contributed by atoms with Gasteiger partial charge >= 0.3 is 0 Å². The number of nitrogens with zero attached hydrogens (tertiary/aromatic N) is 1. The highest BCUT2D eigenvalue weighted by Gasteiger charge is 2.36. The maximum absolute atomic E-state index is 11.7. The van der Waals surface area contributed by atoms with Gasteiger partial charge in [0.15, 0.2) is 5.78 Å². The van der Waals surface area contributed by atoms with Gasteiger partial charge < -0.3 is 4.74 Å². The van der Waals surface area contributed by atoms with Crippen LogP contribution in [0.1, 0.15) is 52.2 Å². The molecule has 3 rings (SSSR count). The molecule has 0 spiro atoms. The van der Waals surface area contributed by atoms with Crippen molar-refractivity contribution in [3.63, 3.8) is 0 Å². The van der Waals surface area contributed by atoms with Gasteiger partial charge in [0.05, 0.1) is 10.6 Å². The van der Waals surface area contributed by atoms with Crippen LogP contribution in [0.5, 0.6) is 0 Å². The SMILES string of the molecule is COC(c1nc2c(s1)C(=O)CCC2)C1CC1. The molecule has 0 saturated heterocycles. The summed E-state index contributed by atoms with van der Waals surface area (Å²) in [6.07, 6.45) is 5.20. The van der Waals surface area contributed by atoms with Crippen LogP contribution >= 0.6 is 11.3 Å². The third kappa shape index (κ3) is 1.70. The van der Waals surface area contributed by atoms with Gasteiger partial charge in [0.1, 0.15) is 11.1 Å². The molecule has 4 heteroatoms. The van der Waals surface area contributed by atoms with Crippen LogP contribution in [0, 0.1) is 5.92 Å². The summed E-state index contributed by atoms with van der Waals surface area (Å²) in [5.41, 5.74) is 1.01. The van der Waals surface area contributed by atoms with E-state index in [1.807, 2.05) is 0 Å². The fourth-order valence-electron chi connectivity index (χ4n) is 2.30. The van der Waals surface area contributed by atoms with Crippen LogP contribution in [-0.2, 0) is 11.2 Å². The number of carbonyl (C=O) groups excluding carboxylic acids is 1. The molecule has 0 aromatic carbocycles. The van der Waals surface area contributed by atoms with E-state index in [4.69, 9.17) is 4.74 Å². The number of fused-ring (bicyclic) bond motifs is 1. The summed E-state index contributed by atoms with van der Waals surface area (Å²) in [6, 6.07) is 0. The number of carbonyl (C=O) groups is 1. The predicted octanol–water partition coefficient (Wildman–Crippen LogP) is 2.76. The Labute approximate surface area is 98.8 Å². The number of rotatable bonds is 3. The largest absolute Gasteiger partial charge is 0.374 e. The summed E-state index contributed by atoms with van der Waals surface area (Å²) in [4.78, 5) is 17.2. The van der Waals surface area contributed by atoms with Crippen LogP contribution in [0.15, 0.2) is 0 Å². The van der Waals surface area contributed by atoms with E-state index < -0.39 is 0 Å². The fraction of sp³-hybridized carbons (Fsp3) is 0.667. The van der Waals surface area contributed by atoms with Crippen LogP contribution in [0.2, 0.25) is 0 Å². The molecule has 0 bridgehead atoms. The molecule has 3 nitrogen and oxygen atoms in total. The van der Waals surface area contributed by atoms with Gasteiger partial charge in [-0.2, -0.15) is 0 Å². The molecule has 0 amide bonds. The van der Waals surface area contributed by atoms with Gasteiger partial charge in [-0.3, -0.25) is 4.79 Å². The molecule has 2 aliphatic rings. The zero-order chi connectivity index (χ0) is 11.1. The molecule has 1 heterocycles. The average Bonchev–Trinajstić information content (AvgIpc) is 2.99. The average molecular weight is 237 g/mol. The first-order valence-electron chi connectivity index (χ1n) is 5.85. The molecule has 1 unspecified atom stereocenters. The Hall–Kier alpha value is -0.740. The lowest BCUT2D eigenvalue weighted by molar-refractivity contribution is 0.0842. The maximum Gasteiger partial charge on any atom is 0.174 e. The molecule has 0 N–H and O–H groups in total. The Kier molecular flexibility index (Phi) is 2.56. The van der Waals surface area contributed by atoms with Gasteiger partial charge in [-0.05, 0) is 31.6 Å². The van der Waals surface area contributed by atoms with E-state index in [1.165, 1.54) is 12.8 Å². The van der Waals surface area contributed by atoms with Gasteiger partial charge in [0.2, 0.25) is 0 Å². The third-order valence-corrected chi connectivity index (χ3v) is 4.53. The first kappa shape index (κ1) is 10.4. The lowest BCUT2D eigenvalue weighted by atomic mass is 10.0. The zero-order valence-electron chi connectivity index (χ0n) is 9.36. The second kappa shape index (κ2) is 3.93. The molecule has 1 saturated carbocycles. The minimum absolute atomic E-state index is 0.128. The minimum Gasteiger partial charge on any atom is -0.374 e. The van der Waals surface area contributed by atoms with Gasteiger partial charge in [-0.1, -0.05) is 0 Å². The van der Waals surface area contributed by atoms with Crippen molar-refractivity contribution < 1.29 is 9.53 Å². The number of aromatic nitrogens is 1. The molecule has 0 radical (unpaired) electrons. The topological polar surface area (TPSA) is 39.2 Å². The van der Waals surface area contributed by atoms with Gasteiger partial charge in [-0.15, -0.1) is 11.3 Å². The molecule has 1 fully saturated rings. The van der Waals surface area contributed by atoms with Crippen molar-refractivity contribution in [3.05, 3.63) is 15.6 Å². The molecule has 86 valence electrons. The fourth-order valence-corrected chi connectivity index (χ4v) is 3.55. The van der Waals surface area contributed by atoms with Gasteiger partial charge in [-0.25, -0.2) is 4.98 Å². The number of hydrogen-bond acceptors (Lipinski definition) is 4. The van der Waals surface area contributed by atoms with Crippen LogP contribution in [0.4, 0.5) is 0 Å². The number of ether oxygens (including phenoxy) is 1. The first-order valence-corrected chi connectivity index (χ1v) is 6.67. The Morgan fingerprint density at radius 1 is 1.44 bits per heavy atom. The second-order valence-corrected chi connectivity index (χ2v) is 5.63. The highest BCUT2D eigenvalue weighted by atomic mass is 32.1. The number of methoxy groups -OCH3 is 1. The van der Waals surface area contributed by atoms with Crippen LogP contribution in [-0.4, -0.2) is 17.9 Å². The lowest BCUT2D eigenvalue weighted by Gasteiger charge is -2.10. The van der Waals surface area contributed by atoms with Crippen molar-refractivity contribution in [1.29, 1.82) is 0 Å². The number of thiazole rings is 1. The van der Waals surface area contributed by atoms with Gasteiger partial charge in [0.25, 0.3) is 0 Å². The molecule has 1 atom stereocenters. The maximum atomic E-state index is 11.7. The highest BCUT2D eigenvalue weighted by Crippen LogP contribution is 2.45. The number of hydrogen-bond donors (Lipinski definition) is 0. The summed E-state index contributed by atoms with van der Waals surface area (Å²) >= 11 is 1.56. The Morgan fingerprint density at radius 2 is 2.25 bits per heavy atom. The van der Waals surface area contributed by atoms with Crippen LogP contribution in [0.3, 0.4) is 0 Å². The normalized spacial score (nSPS) is 21.9. The Bertz CT molecular complexity index is 423. The molecule has 1 aromatic heterocycles. The van der Waals surface area contributed by atoms with E-state index in [1.54, 1.807) is 18.4 Å². The Balaban J connectivity index is 1.93. The monoisotopic (exact) mass is 237 g/mol. The molecule has 2 aliphatic carbocycles. The number of aryl methyl sites for hydroxylation is 1. The highest BCUT2D eigenvalue weighted by molar-refractivity contribution is 7.14. The first-order chi connectivity index (χ1) is 7.79. The zero-order valence-corrected chi connectivity index (χ0v) is 10.2. The molecule has 1 aromatic rings. The number of ketones is 1. The molecule has 16 heavy (non-hydrogen) atoms. The minimum atomic E-state index is 0.128. The standard InChI is InChI=1S/C12H15NO2S/c1-15-10(7-5-6-7)12-13-8-3-2-4-9(14)11(8)16-12/h7,10H,2-6H2,1H3. The molecular formula is C12H15NO2S. The van der Waals surface area contributed by atoms with Crippen molar-refractivity contribution in [1.82, 2.24) is 4.98 Å². The quantitative estimate of drug-likeness (QED) is 0.811. The summed E-state index contributed by atoms with van der Waals surface area (Å²) in [6.45, 7) is 0. The van der Waals surface area contributed by atoms with Crippen molar-refractivity contribution in [2.24, 2.45) is 5.92 Å². The summed E-state index contributed by atoms with van der Waals surface area (Å²) in [7, 11) is 1.74. The smallest absolute Gasteiger partial charge is 0.174 e. The van der Waals surface area contributed by atoms with Crippen LogP contribution < -0.4 is 0 Å². The van der Waals surface area contributed by atoms with Crippen molar-refractivity contribution in [3.8, 4) is 0 Å². The second-order valence-electron chi connectivity index (χ2n) is 4.60. The van der Waals surface area contributed by atoms with E-state index in [-0.39, 0.29) is 11.9 Å². The van der Waals surface area contributed by atoms with E-state index in [0.29, 0.717) is 12.3 Å². The van der Waals surface area contributed by atoms with Crippen LogP contribution in [0.25, 0.3) is 0 Å².